The van der Waals surface area contributed by atoms with E-state index in [-0.39, 0.29) is 5.70 Å². The van der Waals surface area contributed by atoms with Gasteiger partial charge in [0, 0.05) is 6.07 Å². The number of amides is 2. The van der Waals surface area contributed by atoms with Crippen molar-refractivity contribution in [1.29, 1.82) is 0 Å². The van der Waals surface area contributed by atoms with Crippen molar-refractivity contribution < 1.29 is 19.1 Å². The lowest BCUT2D eigenvalue weighted by molar-refractivity contribution is -0.120. The number of nitrogens with zero attached hydrogens (tertiary/aromatic N) is 1. The minimum Gasteiger partial charge on any atom is -0.495 e. The standard InChI is InChI=1S/C28H28N2O4/c1-5-15-34-22-10-8-9-21(17-22)30-27(31)25(20-14-13-18(2)19(3)16-20)26(28(30)32)29-23-11-6-7-12-24(23)33-4/h6-14,16-17,29H,5,15H2,1-4H3. The summed E-state index contributed by atoms with van der Waals surface area (Å²) in [4.78, 5) is 28.6. The van der Waals surface area contributed by atoms with E-state index in [4.69, 9.17) is 9.47 Å². The van der Waals surface area contributed by atoms with Gasteiger partial charge in [-0.15, -0.1) is 0 Å². The number of anilines is 2. The molecule has 0 radical (unpaired) electrons. The van der Waals surface area contributed by atoms with Crippen molar-refractivity contribution in [1.82, 2.24) is 0 Å². The Morgan fingerprint density at radius 1 is 0.882 bits per heavy atom. The minimum atomic E-state index is -0.434. The van der Waals surface area contributed by atoms with E-state index in [0.29, 0.717) is 40.6 Å². The lowest BCUT2D eigenvalue weighted by Gasteiger charge is -2.17. The number of para-hydroxylation sites is 2. The van der Waals surface area contributed by atoms with Crippen molar-refractivity contribution in [3.8, 4) is 11.5 Å². The van der Waals surface area contributed by atoms with Crippen LogP contribution < -0.4 is 19.7 Å². The number of carbonyl (C=O) groups is 2. The van der Waals surface area contributed by atoms with Crippen molar-refractivity contribution in [2.24, 2.45) is 0 Å². The van der Waals surface area contributed by atoms with Gasteiger partial charge in [-0.3, -0.25) is 9.59 Å². The molecule has 6 nitrogen and oxygen atoms in total. The van der Waals surface area contributed by atoms with Crippen LogP contribution in [0.5, 0.6) is 11.5 Å². The third-order valence-corrected chi connectivity index (χ3v) is 5.79. The zero-order chi connectivity index (χ0) is 24.2. The normalized spacial score (nSPS) is 13.5. The summed E-state index contributed by atoms with van der Waals surface area (Å²) in [6.07, 6.45) is 0.858. The van der Waals surface area contributed by atoms with Crippen molar-refractivity contribution in [2.45, 2.75) is 27.2 Å². The van der Waals surface area contributed by atoms with Crippen LogP contribution in [-0.2, 0) is 9.59 Å². The molecule has 0 saturated carbocycles. The van der Waals surface area contributed by atoms with Gasteiger partial charge in [-0.25, -0.2) is 4.90 Å². The lowest BCUT2D eigenvalue weighted by atomic mass is 9.99. The minimum absolute atomic E-state index is 0.206. The van der Waals surface area contributed by atoms with Crippen LogP contribution in [0.1, 0.15) is 30.0 Å². The van der Waals surface area contributed by atoms with Gasteiger partial charge in [0.2, 0.25) is 0 Å². The van der Waals surface area contributed by atoms with Crippen LogP contribution in [0.15, 0.2) is 72.4 Å². The molecule has 0 bridgehead atoms. The number of nitrogens with one attached hydrogen (secondary N) is 1. The van der Waals surface area contributed by atoms with Gasteiger partial charge in [0.25, 0.3) is 11.8 Å². The second kappa shape index (κ2) is 9.83. The molecule has 0 spiro atoms. The topological polar surface area (TPSA) is 67.9 Å². The molecule has 6 heteroatoms. The number of benzene rings is 3. The van der Waals surface area contributed by atoms with E-state index in [1.165, 1.54) is 4.90 Å². The molecule has 0 aromatic heterocycles. The third kappa shape index (κ3) is 4.39. The zero-order valence-corrected chi connectivity index (χ0v) is 19.8. The first kappa shape index (κ1) is 23.1. The van der Waals surface area contributed by atoms with Gasteiger partial charge in [0.05, 0.1) is 30.7 Å². The van der Waals surface area contributed by atoms with Gasteiger partial charge in [0.1, 0.15) is 17.2 Å². The van der Waals surface area contributed by atoms with Gasteiger partial charge in [-0.2, -0.15) is 0 Å². The Hall–Kier alpha value is -4.06. The Kier molecular flexibility index (Phi) is 6.68. The summed E-state index contributed by atoms with van der Waals surface area (Å²) in [5.74, 6) is 0.358. The van der Waals surface area contributed by atoms with Gasteiger partial charge < -0.3 is 14.8 Å². The molecule has 1 aliphatic rings. The fraction of sp³-hybridized carbons (Fsp3) is 0.214. The van der Waals surface area contributed by atoms with Crippen molar-refractivity contribution in [3.63, 3.8) is 0 Å². The fourth-order valence-corrected chi connectivity index (χ4v) is 3.86. The molecule has 1 aliphatic heterocycles. The van der Waals surface area contributed by atoms with Crippen LogP contribution in [0.3, 0.4) is 0 Å². The number of rotatable bonds is 8. The molecule has 0 saturated heterocycles. The number of hydrogen-bond acceptors (Lipinski definition) is 5. The van der Waals surface area contributed by atoms with E-state index in [1.54, 1.807) is 31.4 Å². The van der Waals surface area contributed by atoms with Crippen molar-refractivity contribution in [2.75, 3.05) is 23.9 Å². The summed E-state index contributed by atoms with van der Waals surface area (Å²) < 4.78 is 11.2. The van der Waals surface area contributed by atoms with Gasteiger partial charge in [-0.1, -0.05) is 43.3 Å². The third-order valence-electron chi connectivity index (χ3n) is 5.79. The highest BCUT2D eigenvalue weighted by molar-refractivity contribution is 6.46. The summed E-state index contributed by atoms with van der Waals surface area (Å²) in [5.41, 5.74) is 4.41. The molecule has 0 atom stereocenters. The highest BCUT2D eigenvalue weighted by Crippen LogP contribution is 2.36. The Bertz CT molecular complexity index is 1280. The zero-order valence-electron chi connectivity index (χ0n) is 19.8. The monoisotopic (exact) mass is 456 g/mol. The molecule has 1 N–H and O–H groups in total. The van der Waals surface area contributed by atoms with Crippen molar-refractivity contribution >= 4 is 28.8 Å². The molecule has 3 aromatic carbocycles. The largest absolute Gasteiger partial charge is 0.495 e. The maximum absolute atomic E-state index is 13.7. The smallest absolute Gasteiger partial charge is 0.282 e. The van der Waals surface area contributed by atoms with E-state index in [1.807, 2.05) is 63.2 Å². The van der Waals surface area contributed by atoms with E-state index in [9.17, 15) is 9.59 Å². The fourth-order valence-electron chi connectivity index (χ4n) is 3.86. The first-order chi connectivity index (χ1) is 16.4. The SMILES string of the molecule is CCCOc1cccc(N2C(=O)C(Nc3ccccc3OC)=C(c3ccc(C)c(C)c3)C2=O)c1. The first-order valence-corrected chi connectivity index (χ1v) is 11.3. The predicted octanol–water partition coefficient (Wildman–Crippen LogP) is 5.50. The van der Waals surface area contributed by atoms with E-state index >= 15 is 0 Å². The Morgan fingerprint density at radius 2 is 1.68 bits per heavy atom. The molecular formula is C28H28N2O4. The van der Waals surface area contributed by atoms with Crippen LogP contribution in [0.2, 0.25) is 0 Å². The maximum atomic E-state index is 13.7. The highest BCUT2D eigenvalue weighted by Gasteiger charge is 2.40. The van der Waals surface area contributed by atoms with E-state index in [0.717, 1.165) is 17.5 Å². The number of hydrogen-bond donors (Lipinski definition) is 1. The molecular weight excluding hydrogens is 428 g/mol. The Labute approximate surface area is 199 Å². The Morgan fingerprint density at radius 3 is 2.41 bits per heavy atom. The molecule has 0 aliphatic carbocycles. The summed E-state index contributed by atoms with van der Waals surface area (Å²) in [7, 11) is 1.56. The van der Waals surface area contributed by atoms with Crippen LogP contribution >= 0.6 is 0 Å². The number of methoxy groups -OCH3 is 1. The average molecular weight is 457 g/mol. The molecule has 4 rings (SSSR count). The molecule has 0 unspecified atom stereocenters. The van der Waals surface area contributed by atoms with E-state index in [2.05, 4.69) is 5.32 Å². The van der Waals surface area contributed by atoms with Crippen LogP contribution in [0, 0.1) is 13.8 Å². The van der Waals surface area contributed by atoms with Crippen LogP contribution in [0.4, 0.5) is 11.4 Å². The van der Waals surface area contributed by atoms with Crippen molar-refractivity contribution in [3.05, 3.63) is 89.1 Å². The quantitative estimate of drug-likeness (QED) is 0.454. The summed E-state index contributed by atoms with van der Waals surface area (Å²) in [5, 5.41) is 3.18. The molecule has 3 aromatic rings. The lowest BCUT2D eigenvalue weighted by Crippen LogP contribution is -2.32. The molecule has 2 amide bonds. The maximum Gasteiger partial charge on any atom is 0.282 e. The molecule has 0 fully saturated rings. The molecule has 1 heterocycles. The number of ether oxygens (including phenoxy) is 2. The number of aryl methyl sites for hydroxylation is 2. The average Bonchev–Trinajstić information content (AvgIpc) is 3.09. The summed E-state index contributed by atoms with van der Waals surface area (Å²) in [6, 6.07) is 20.1. The molecule has 174 valence electrons. The van der Waals surface area contributed by atoms with Gasteiger partial charge in [0.15, 0.2) is 0 Å². The van der Waals surface area contributed by atoms with Crippen LogP contribution in [-0.4, -0.2) is 25.5 Å². The first-order valence-electron chi connectivity index (χ1n) is 11.3. The van der Waals surface area contributed by atoms with Crippen LogP contribution in [0.25, 0.3) is 5.57 Å². The van der Waals surface area contributed by atoms with Gasteiger partial charge >= 0.3 is 0 Å². The predicted molar refractivity (Wildman–Crippen MR) is 134 cm³/mol. The summed E-state index contributed by atoms with van der Waals surface area (Å²) in [6.45, 7) is 6.57. The Balaban J connectivity index is 1.81. The molecule has 34 heavy (non-hydrogen) atoms. The number of imide groups is 1. The second-order valence-electron chi connectivity index (χ2n) is 8.17. The number of carbonyl (C=O) groups excluding carboxylic acids is 2. The van der Waals surface area contributed by atoms with E-state index < -0.39 is 11.8 Å². The second-order valence-corrected chi connectivity index (χ2v) is 8.17. The summed E-state index contributed by atoms with van der Waals surface area (Å²) >= 11 is 0. The van der Waals surface area contributed by atoms with Gasteiger partial charge in [-0.05, 0) is 61.2 Å². The highest BCUT2D eigenvalue weighted by atomic mass is 16.5.